The highest BCUT2D eigenvalue weighted by Crippen LogP contribution is 2.28. The second-order valence-corrected chi connectivity index (χ2v) is 5.33. The van der Waals surface area contributed by atoms with Crippen molar-refractivity contribution < 1.29 is 4.79 Å². The van der Waals surface area contributed by atoms with Crippen molar-refractivity contribution in [3.05, 3.63) is 41.7 Å². The molecule has 2 rings (SSSR count). The second kappa shape index (κ2) is 5.39. The fourth-order valence-electron chi connectivity index (χ4n) is 2.24. The van der Waals surface area contributed by atoms with E-state index in [1.807, 2.05) is 23.9 Å². The SMILES string of the molecule is CC(=O)Cc1ccc(-c2cn(C)nc2C(C)C)cc1. The maximum Gasteiger partial charge on any atom is 0.134 e. The summed E-state index contributed by atoms with van der Waals surface area (Å²) in [4.78, 5) is 11.1. The smallest absolute Gasteiger partial charge is 0.134 e. The molecule has 0 radical (unpaired) electrons. The summed E-state index contributed by atoms with van der Waals surface area (Å²) >= 11 is 0. The van der Waals surface area contributed by atoms with Gasteiger partial charge in [0.25, 0.3) is 0 Å². The number of aromatic nitrogens is 2. The van der Waals surface area contributed by atoms with Crippen LogP contribution in [0.15, 0.2) is 30.5 Å². The molecule has 0 atom stereocenters. The van der Waals surface area contributed by atoms with E-state index in [4.69, 9.17) is 0 Å². The summed E-state index contributed by atoms with van der Waals surface area (Å²) in [5.41, 5.74) is 4.50. The van der Waals surface area contributed by atoms with E-state index in [1.54, 1.807) is 6.92 Å². The van der Waals surface area contributed by atoms with Crippen molar-refractivity contribution in [2.45, 2.75) is 33.1 Å². The van der Waals surface area contributed by atoms with Gasteiger partial charge in [-0.05, 0) is 24.0 Å². The first-order valence-electron chi connectivity index (χ1n) is 6.59. The molecule has 0 spiro atoms. The highest BCUT2D eigenvalue weighted by atomic mass is 16.1. The average Bonchev–Trinajstić information content (AvgIpc) is 2.72. The van der Waals surface area contributed by atoms with Gasteiger partial charge in [0, 0.05) is 25.2 Å². The topological polar surface area (TPSA) is 34.9 Å². The van der Waals surface area contributed by atoms with E-state index in [9.17, 15) is 4.79 Å². The lowest BCUT2D eigenvalue weighted by atomic mass is 9.98. The Morgan fingerprint density at radius 1 is 1.26 bits per heavy atom. The Bertz CT molecular complexity index is 579. The van der Waals surface area contributed by atoms with Gasteiger partial charge < -0.3 is 0 Å². The number of carbonyl (C=O) groups excluding carboxylic acids is 1. The van der Waals surface area contributed by atoms with E-state index in [0.29, 0.717) is 12.3 Å². The molecule has 0 amide bonds. The van der Waals surface area contributed by atoms with Gasteiger partial charge in [0.15, 0.2) is 0 Å². The number of rotatable bonds is 4. The molecule has 0 fully saturated rings. The van der Waals surface area contributed by atoms with Crippen LogP contribution in [0.5, 0.6) is 0 Å². The number of aryl methyl sites for hydroxylation is 1. The van der Waals surface area contributed by atoms with E-state index < -0.39 is 0 Å². The molecule has 2 aromatic rings. The zero-order valence-corrected chi connectivity index (χ0v) is 12.0. The van der Waals surface area contributed by atoms with E-state index in [-0.39, 0.29) is 5.78 Å². The van der Waals surface area contributed by atoms with Crippen molar-refractivity contribution in [2.24, 2.45) is 7.05 Å². The molecule has 0 aliphatic rings. The number of hydrogen-bond acceptors (Lipinski definition) is 2. The fraction of sp³-hybridized carbons (Fsp3) is 0.375. The Morgan fingerprint density at radius 3 is 2.42 bits per heavy atom. The van der Waals surface area contributed by atoms with E-state index >= 15 is 0 Å². The van der Waals surface area contributed by atoms with Crippen LogP contribution in [0, 0.1) is 0 Å². The summed E-state index contributed by atoms with van der Waals surface area (Å²) < 4.78 is 1.86. The molecule has 0 aliphatic carbocycles. The monoisotopic (exact) mass is 256 g/mol. The van der Waals surface area contributed by atoms with E-state index in [1.165, 1.54) is 5.56 Å². The number of nitrogens with zero attached hydrogens (tertiary/aromatic N) is 2. The third kappa shape index (κ3) is 3.11. The highest BCUT2D eigenvalue weighted by molar-refractivity contribution is 5.78. The van der Waals surface area contributed by atoms with Gasteiger partial charge in [-0.2, -0.15) is 5.10 Å². The van der Waals surface area contributed by atoms with E-state index in [0.717, 1.165) is 16.8 Å². The normalized spacial score (nSPS) is 11.0. The average molecular weight is 256 g/mol. The number of carbonyl (C=O) groups is 1. The maximum absolute atomic E-state index is 11.1. The van der Waals surface area contributed by atoms with E-state index in [2.05, 4.69) is 37.3 Å². The molecule has 100 valence electrons. The van der Waals surface area contributed by atoms with Crippen LogP contribution in [-0.4, -0.2) is 15.6 Å². The summed E-state index contributed by atoms with van der Waals surface area (Å²) in [7, 11) is 1.94. The van der Waals surface area contributed by atoms with Crippen LogP contribution < -0.4 is 0 Å². The van der Waals surface area contributed by atoms with Gasteiger partial charge in [-0.15, -0.1) is 0 Å². The first-order chi connectivity index (χ1) is 8.97. The largest absolute Gasteiger partial charge is 0.300 e. The van der Waals surface area contributed by atoms with Crippen LogP contribution in [0.2, 0.25) is 0 Å². The Balaban J connectivity index is 2.34. The van der Waals surface area contributed by atoms with Crippen LogP contribution in [0.1, 0.15) is 37.9 Å². The van der Waals surface area contributed by atoms with Gasteiger partial charge in [-0.3, -0.25) is 9.48 Å². The molecule has 0 saturated carbocycles. The molecular formula is C16H20N2O. The summed E-state index contributed by atoms with van der Waals surface area (Å²) in [6, 6.07) is 8.18. The second-order valence-electron chi connectivity index (χ2n) is 5.33. The molecule has 3 nitrogen and oxygen atoms in total. The minimum absolute atomic E-state index is 0.192. The lowest BCUT2D eigenvalue weighted by Crippen LogP contribution is -1.96. The Morgan fingerprint density at radius 2 is 1.89 bits per heavy atom. The molecule has 0 saturated heterocycles. The quantitative estimate of drug-likeness (QED) is 0.841. The van der Waals surface area contributed by atoms with Crippen LogP contribution >= 0.6 is 0 Å². The summed E-state index contributed by atoms with van der Waals surface area (Å²) in [5.74, 6) is 0.588. The maximum atomic E-state index is 11.1. The summed E-state index contributed by atoms with van der Waals surface area (Å²) in [6.07, 6.45) is 2.56. The number of benzene rings is 1. The predicted molar refractivity (Wildman–Crippen MR) is 77.1 cm³/mol. The first kappa shape index (κ1) is 13.5. The fourth-order valence-corrected chi connectivity index (χ4v) is 2.24. The summed E-state index contributed by atoms with van der Waals surface area (Å²) in [6.45, 7) is 5.91. The molecule has 0 N–H and O–H groups in total. The molecule has 1 heterocycles. The molecule has 3 heteroatoms. The molecule has 1 aromatic heterocycles. The lowest BCUT2D eigenvalue weighted by Gasteiger charge is -2.06. The van der Waals surface area contributed by atoms with Crippen molar-refractivity contribution in [3.63, 3.8) is 0 Å². The minimum Gasteiger partial charge on any atom is -0.300 e. The van der Waals surface area contributed by atoms with Crippen molar-refractivity contribution in [2.75, 3.05) is 0 Å². The third-order valence-corrected chi connectivity index (χ3v) is 3.12. The molecule has 1 aromatic carbocycles. The first-order valence-corrected chi connectivity index (χ1v) is 6.59. The Kier molecular flexibility index (Phi) is 3.84. The van der Waals surface area contributed by atoms with Gasteiger partial charge in [-0.1, -0.05) is 38.1 Å². The van der Waals surface area contributed by atoms with Crippen molar-refractivity contribution >= 4 is 5.78 Å². The van der Waals surface area contributed by atoms with Crippen LogP contribution in [0.4, 0.5) is 0 Å². The summed E-state index contributed by atoms with van der Waals surface area (Å²) in [5, 5.41) is 4.52. The van der Waals surface area contributed by atoms with Gasteiger partial charge >= 0.3 is 0 Å². The third-order valence-electron chi connectivity index (χ3n) is 3.12. The molecule has 0 aliphatic heterocycles. The molecule has 0 unspecified atom stereocenters. The standard InChI is InChI=1S/C16H20N2O/c1-11(2)16-15(10-18(4)17-16)14-7-5-13(6-8-14)9-12(3)19/h5-8,10-11H,9H2,1-4H3. The predicted octanol–water partition coefficient (Wildman–Crippen LogP) is 3.34. The van der Waals surface area contributed by atoms with Crippen molar-refractivity contribution in [1.82, 2.24) is 9.78 Å². The van der Waals surface area contributed by atoms with Crippen molar-refractivity contribution in [1.29, 1.82) is 0 Å². The lowest BCUT2D eigenvalue weighted by molar-refractivity contribution is -0.116. The minimum atomic E-state index is 0.192. The van der Waals surface area contributed by atoms with Gasteiger partial charge in [-0.25, -0.2) is 0 Å². The van der Waals surface area contributed by atoms with Gasteiger partial charge in [0.1, 0.15) is 5.78 Å². The highest BCUT2D eigenvalue weighted by Gasteiger charge is 2.13. The Hall–Kier alpha value is -1.90. The van der Waals surface area contributed by atoms with Gasteiger partial charge in [0.05, 0.1) is 5.69 Å². The number of Topliss-reactive ketones (excluding diaryl/α,β-unsaturated/α-hetero) is 1. The number of ketones is 1. The molecule has 19 heavy (non-hydrogen) atoms. The van der Waals surface area contributed by atoms with Gasteiger partial charge in [0.2, 0.25) is 0 Å². The molecular weight excluding hydrogens is 236 g/mol. The number of hydrogen-bond donors (Lipinski definition) is 0. The molecule has 0 bridgehead atoms. The van der Waals surface area contributed by atoms with Crippen LogP contribution in [0.3, 0.4) is 0 Å². The Labute approximate surface area is 114 Å². The van der Waals surface area contributed by atoms with Crippen LogP contribution in [0.25, 0.3) is 11.1 Å². The zero-order valence-electron chi connectivity index (χ0n) is 12.0. The van der Waals surface area contributed by atoms with Crippen molar-refractivity contribution in [3.8, 4) is 11.1 Å². The zero-order chi connectivity index (χ0) is 14.0. The van der Waals surface area contributed by atoms with Crippen LogP contribution in [-0.2, 0) is 18.3 Å².